The highest BCUT2D eigenvalue weighted by molar-refractivity contribution is 14.0. The number of nitrogens with one attached hydrogen (secondary N) is 2. The van der Waals surface area contributed by atoms with Crippen molar-refractivity contribution in [2.75, 3.05) is 25.4 Å². The minimum atomic E-state index is -1.07. The second kappa shape index (κ2) is 12.3. The Morgan fingerprint density at radius 2 is 2.04 bits per heavy atom. The molecule has 0 radical (unpaired) electrons. The van der Waals surface area contributed by atoms with Gasteiger partial charge in [-0.15, -0.1) is 35.7 Å². The molecule has 2 rings (SSSR count). The predicted octanol–water partition coefficient (Wildman–Crippen LogP) is 3.12. The van der Waals surface area contributed by atoms with E-state index in [0.717, 1.165) is 35.7 Å². The minimum Gasteiger partial charge on any atom is -0.383 e. The number of aryl methyl sites for hydroxylation is 1. The lowest BCUT2D eigenvalue weighted by Gasteiger charge is -2.20. The van der Waals surface area contributed by atoms with Gasteiger partial charge in [0.1, 0.15) is 11.4 Å². The molecule has 0 aliphatic rings. The van der Waals surface area contributed by atoms with Crippen LogP contribution in [0.4, 0.5) is 4.39 Å². The smallest absolute Gasteiger partial charge is 0.191 e. The monoisotopic (exact) mass is 521 g/mol. The van der Waals surface area contributed by atoms with Crippen LogP contribution in [0.1, 0.15) is 25.8 Å². The number of hydrogen-bond donors (Lipinski definition) is 3. The van der Waals surface area contributed by atoms with Crippen LogP contribution in [0.25, 0.3) is 0 Å². The van der Waals surface area contributed by atoms with Crippen LogP contribution >= 0.6 is 35.7 Å². The van der Waals surface area contributed by atoms with Crippen LogP contribution in [0.5, 0.6) is 0 Å². The van der Waals surface area contributed by atoms with Gasteiger partial charge in [0.25, 0.3) is 0 Å². The van der Waals surface area contributed by atoms with Gasteiger partial charge in [0.05, 0.1) is 12.7 Å². The number of aliphatic hydroxyl groups is 1. The Kier molecular flexibility index (Phi) is 10.8. The van der Waals surface area contributed by atoms with Gasteiger partial charge in [-0.2, -0.15) is 5.10 Å². The number of rotatable bonds is 9. The molecule has 0 aliphatic carbocycles. The lowest BCUT2D eigenvalue weighted by molar-refractivity contribution is 0.0672. The molecule has 1 heterocycles. The second-order valence-electron chi connectivity index (χ2n) is 6.45. The highest BCUT2D eigenvalue weighted by atomic mass is 127. The highest BCUT2D eigenvalue weighted by Gasteiger charge is 2.24. The molecule has 0 spiro atoms. The summed E-state index contributed by atoms with van der Waals surface area (Å²) in [5.41, 5.74) is -0.338. The van der Waals surface area contributed by atoms with E-state index in [1.54, 1.807) is 47.9 Å². The number of guanidine groups is 1. The third-order valence-corrected chi connectivity index (χ3v) is 5.01. The maximum Gasteiger partial charge on any atom is 0.191 e. The van der Waals surface area contributed by atoms with Gasteiger partial charge in [0.2, 0.25) is 0 Å². The van der Waals surface area contributed by atoms with E-state index in [0.29, 0.717) is 5.96 Å². The lowest BCUT2D eigenvalue weighted by atomic mass is 10.0. The van der Waals surface area contributed by atoms with Gasteiger partial charge in [-0.1, -0.05) is 0 Å². The van der Waals surface area contributed by atoms with Crippen molar-refractivity contribution < 1.29 is 9.50 Å². The largest absolute Gasteiger partial charge is 0.383 e. The first-order valence-corrected chi connectivity index (χ1v) is 10.0. The van der Waals surface area contributed by atoms with E-state index in [2.05, 4.69) is 20.7 Å². The van der Waals surface area contributed by atoms with Gasteiger partial charge in [0.15, 0.2) is 5.96 Å². The maximum absolute atomic E-state index is 12.9. The normalized spacial score (nSPS) is 13.5. The van der Waals surface area contributed by atoms with Crippen LogP contribution in [0.15, 0.2) is 46.5 Å². The zero-order valence-electron chi connectivity index (χ0n) is 16.5. The van der Waals surface area contributed by atoms with Crippen LogP contribution in [0.3, 0.4) is 0 Å². The van der Waals surface area contributed by atoms with E-state index in [1.165, 1.54) is 12.1 Å². The molecule has 3 N–H and O–H groups in total. The molecule has 9 heteroatoms. The van der Waals surface area contributed by atoms with Crippen molar-refractivity contribution in [3.8, 4) is 0 Å². The van der Waals surface area contributed by atoms with Gasteiger partial charge < -0.3 is 15.7 Å². The van der Waals surface area contributed by atoms with Gasteiger partial charge in [-0.25, -0.2) is 9.38 Å². The number of thioether (sulfide) groups is 1. The molecule has 28 heavy (non-hydrogen) atoms. The molecule has 1 unspecified atom stereocenters. The van der Waals surface area contributed by atoms with E-state index in [1.807, 2.05) is 14.0 Å². The summed E-state index contributed by atoms with van der Waals surface area (Å²) < 4.78 is 14.6. The molecule has 1 aromatic carbocycles. The molecule has 0 saturated heterocycles. The van der Waals surface area contributed by atoms with Crippen LogP contribution in [-0.2, 0) is 12.6 Å². The average Bonchev–Trinajstić information content (AvgIpc) is 3.08. The van der Waals surface area contributed by atoms with Gasteiger partial charge in [0, 0.05) is 36.8 Å². The first-order chi connectivity index (χ1) is 12.9. The van der Waals surface area contributed by atoms with E-state index in [9.17, 15) is 9.50 Å². The zero-order valence-corrected chi connectivity index (χ0v) is 19.6. The SMILES string of the molecule is CCNC(=NCC(C)(O)c1cnn(C)c1)NCCCSc1ccc(F)cc1.I. The van der Waals surface area contributed by atoms with Crippen molar-refractivity contribution in [3.05, 3.63) is 48.0 Å². The first-order valence-electron chi connectivity index (χ1n) is 9.03. The Morgan fingerprint density at radius 3 is 2.64 bits per heavy atom. The molecule has 1 aromatic heterocycles. The fraction of sp³-hybridized carbons (Fsp3) is 0.474. The highest BCUT2D eigenvalue weighted by Crippen LogP contribution is 2.20. The quantitative estimate of drug-likeness (QED) is 0.156. The number of aromatic nitrogens is 2. The summed E-state index contributed by atoms with van der Waals surface area (Å²) in [5, 5.41) is 21.2. The number of halogens is 2. The third-order valence-electron chi connectivity index (χ3n) is 3.91. The summed E-state index contributed by atoms with van der Waals surface area (Å²) in [4.78, 5) is 5.55. The first kappa shape index (κ1) is 24.7. The molecule has 0 aliphatic heterocycles. The molecule has 156 valence electrons. The lowest BCUT2D eigenvalue weighted by Crippen LogP contribution is -2.39. The summed E-state index contributed by atoms with van der Waals surface area (Å²) >= 11 is 1.70. The number of nitrogens with zero attached hydrogens (tertiary/aromatic N) is 3. The molecular weight excluding hydrogens is 492 g/mol. The standard InChI is InChI=1S/C19H28FN5OS.HI/c1-4-21-18(23-14-19(2,26)15-12-24-25(3)13-15)22-10-5-11-27-17-8-6-16(20)7-9-17;/h6-9,12-13,26H,4-5,10-11,14H2,1-3H3,(H2,21,22,23);1H. The molecule has 0 amide bonds. The molecule has 1 atom stereocenters. The predicted molar refractivity (Wildman–Crippen MR) is 124 cm³/mol. The van der Waals surface area contributed by atoms with Crippen LogP contribution in [-0.4, -0.2) is 46.2 Å². The van der Waals surface area contributed by atoms with Crippen molar-refractivity contribution in [1.29, 1.82) is 0 Å². The van der Waals surface area contributed by atoms with Crippen LogP contribution in [0.2, 0.25) is 0 Å². The van der Waals surface area contributed by atoms with E-state index >= 15 is 0 Å². The van der Waals surface area contributed by atoms with Crippen molar-refractivity contribution in [2.24, 2.45) is 12.0 Å². The summed E-state index contributed by atoms with van der Waals surface area (Å²) in [7, 11) is 1.82. The van der Waals surface area contributed by atoms with Crippen LogP contribution < -0.4 is 10.6 Å². The van der Waals surface area contributed by atoms with Gasteiger partial charge >= 0.3 is 0 Å². The van der Waals surface area contributed by atoms with Crippen molar-refractivity contribution in [2.45, 2.75) is 30.8 Å². The Bertz CT molecular complexity index is 736. The van der Waals surface area contributed by atoms with Crippen molar-refractivity contribution >= 4 is 41.7 Å². The average molecular weight is 521 g/mol. The summed E-state index contributed by atoms with van der Waals surface area (Å²) in [6.45, 7) is 5.47. The maximum atomic E-state index is 12.9. The van der Waals surface area contributed by atoms with Gasteiger partial charge in [-0.3, -0.25) is 4.68 Å². The van der Waals surface area contributed by atoms with Gasteiger partial charge in [-0.05, 0) is 50.3 Å². The molecule has 0 bridgehead atoms. The Labute approximate surface area is 187 Å². The summed E-state index contributed by atoms with van der Waals surface area (Å²) in [6, 6.07) is 6.54. The Balaban J connectivity index is 0.00000392. The van der Waals surface area contributed by atoms with Crippen LogP contribution in [0, 0.1) is 5.82 Å². The second-order valence-corrected chi connectivity index (χ2v) is 7.62. The zero-order chi connectivity index (χ0) is 19.7. The number of aliphatic imine (C=N–C) groups is 1. The molecular formula is C19H29FIN5OS. The fourth-order valence-electron chi connectivity index (χ4n) is 2.37. The summed E-state index contributed by atoms with van der Waals surface area (Å²) in [6.07, 6.45) is 4.39. The molecule has 6 nitrogen and oxygen atoms in total. The van der Waals surface area contributed by atoms with Crippen molar-refractivity contribution in [1.82, 2.24) is 20.4 Å². The minimum absolute atomic E-state index is 0. The van der Waals surface area contributed by atoms with E-state index in [4.69, 9.17) is 0 Å². The Hall–Kier alpha value is -1.33. The van der Waals surface area contributed by atoms with E-state index in [-0.39, 0.29) is 36.3 Å². The topological polar surface area (TPSA) is 74.5 Å². The van der Waals surface area contributed by atoms with Crippen molar-refractivity contribution in [3.63, 3.8) is 0 Å². The summed E-state index contributed by atoms with van der Waals surface area (Å²) in [5.74, 6) is 1.38. The number of hydrogen-bond acceptors (Lipinski definition) is 4. The Morgan fingerprint density at radius 1 is 1.32 bits per heavy atom. The number of benzene rings is 1. The van der Waals surface area contributed by atoms with E-state index < -0.39 is 5.60 Å². The fourth-order valence-corrected chi connectivity index (χ4v) is 3.22. The third kappa shape index (κ3) is 8.36. The molecule has 2 aromatic rings. The molecule has 0 saturated carbocycles. The molecule has 0 fully saturated rings.